The smallest absolute Gasteiger partial charge is 0.326 e. The van der Waals surface area contributed by atoms with Gasteiger partial charge in [0, 0.05) is 4.47 Å². The maximum Gasteiger partial charge on any atom is 0.326 e. The first-order valence-electron chi connectivity index (χ1n) is 5.31. The van der Waals surface area contributed by atoms with E-state index in [-0.39, 0.29) is 16.5 Å². The van der Waals surface area contributed by atoms with Crippen LogP contribution in [-0.4, -0.2) is 23.0 Å². The minimum absolute atomic E-state index is 0.211. The lowest BCUT2D eigenvalue weighted by Gasteiger charge is -2.18. The number of carboxylic acids is 1. The SMILES string of the molecule is CC(C)[C@H](NC(=O)c1cc(Br)ccc1Cl)C(=O)O. The molecule has 18 heavy (non-hydrogen) atoms. The molecule has 0 fully saturated rings. The summed E-state index contributed by atoms with van der Waals surface area (Å²) in [7, 11) is 0. The molecule has 1 aromatic rings. The van der Waals surface area contributed by atoms with E-state index in [4.69, 9.17) is 16.7 Å². The third-order valence-corrected chi connectivity index (χ3v) is 3.22. The van der Waals surface area contributed by atoms with Gasteiger partial charge in [-0.3, -0.25) is 4.79 Å². The predicted molar refractivity (Wildman–Crippen MR) is 72.9 cm³/mol. The topological polar surface area (TPSA) is 66.4 Å². The van der Waals surface area contributed by atoms with Crippen LogP contribution in [0.5, 0.6) is 0 Å². The zero-order valence-corrected chi connectivity index (χ0v) is 12.2. The molecule has 1 aromatic carbocycles. The van der Waals surface area contributed by atoms with Crippen molar-refractivity contribution in [3.8, 4) is 0 Å². The van der Waals surface area contributed by atoms with Gasteiger partial charge >= 0.3 is 5.97 Å². The zero-order valence-electron chi connectivity index (χ0n) is 9.91. The molecule has 0 saturated carbocycles. The van der Waals surface area contributed by atoms with Crippen molar-refractivity contribution in [2.45, 2.75) is 19.9 Å². The molecule has 6 heteroatoms. The minimum Gasteiger partial charge on any atom is -0.480 e. The van der Waals surface area contributed by atoms with Crippen molar-refractivity contribution >= 4 is 39.4 Å². The van der Waals surface area contributed by atoms with Crippen LogP contribution in [0.1, 0.15) is 24.2 Å². The molecule has 1 rings (SSSR count). The van der Waals surface area contributed by atoms with Crippen molar-refractivity contribution in [2.24, 2.45) is 5.92 Å². The average Bonchev–Trinajstić information content (AvgIpc) is 2.28. The molecule has 0 aliphatic carbocycles. The Balaban J connectivity index is 2.94. The van der Waals surface area contributed by atoms with Crippen molar-refractivity contribution in [3.05, 3.63) is 33.3 Å². The molecule has 98 valence electrons. The van der Waals surface area contributed by atoms with E-state index in [2.05, 4.69) is 21.2 Å². The van der Waals surface area contributed by atoms with Crippen molar-refractivity contribution < 1.29 is 14.7 Å². The molecular weight excluding hydrogens is 321 g/mol. The molecule has 0 unspecified atom stereocenters. The Morgan fingerprint density at radius 1 is 1.39 bits per heavy atom. The molecule has 1 atom stereocenters. The van der Waals surface area contributed by atoms with Gasteiger partial charge in [-0.05, 0) is 24.1 Å². The number of rotatable bonds is 4. The first kappa shape index (κ1) is 15.0. The Morgan fingerprint density at radius 2 is 2.00 bits per heavy atom. The third kappa shape index (κ3) is 3.71. The van der Waals surface area contributed by atoms with Crippen molar-refractivity contribution in [1.82, 2.24) is 5.32 Å². The van der Waals surface area contributed by atoms with Crippen LogP contribution in [0.25, 0.3) is 0 Å². The molecule has 0 spiro atoms. The zero-order chi connectivity index (χ0) is 13.9. The van der Waals surface area contributed by atoms with Gasteiger partial charge in [0.2, 0.25) is 0 Å². The summed E-state index contributed by atoms with van der Waals surface area (Å²) in [6.07, 6.45) is 0. The summed E-state index contributed by atoms with van der Waals surface area (Å²) >= 11 is 9.14. The van der Waals surface area contributed by atoms with Gasteiger partial charge in [-0.1, -0.05) is 41.4 Å². The fourth-order valence-corrected chi connectivity index (χ4v) is 1.97. The monoisotopic (exact) mass is 333 g/mol. The highest BCUT2D eigenvalue weighted by atomic mass is 79.9. The molecule has 0 radical (unpaired) electrons. The fourth-order valence-electron chi connectivity index (χ4n) is 1.40. The number of benzene rings is 1. The summed E-state index contributed by atoms with van der Waals surface area (Å²) < 4.78 is 0.702. The Kier molecular flexibility index (Phi) is 5.16. The highest BCUT2D eigenvalue weighted by Gasteiger charge is 2.24. The fraction of sp³-hybridized carbons (Fsp3) is 0.333. The largest absolute Gasteiger partial charge is 0.480 e. The Morgan fingerprint density at radius 3 is 2.50 bits per heavy atom. The van der Waals surface area contributed by atoms with Crippen LogP contribution in [0, 0.1) is 5.92 Å². The quantitative estimate of drug-likeness (QED) is 0.889. The summed E-state index contributed by atoms with van der Waals surface area (Å²) in [5.41, 5.74) is 0.248. The van der Waals surface area contributed by atoms with Crippen LogP contribution in [0.4, 0.5) is 0 Å². The lowest BCUT2D eigenvalue weighted by molar-refractivity contribution is -0.140. The first-order chi connectivity index (χ1) is 8.32. The predicted octanol–water partition coefficient (Wildman–Crippen LogP) is 2.94. The number of amides is 1. The van der Waals surface area contributed by atoms with Gasteiger partial charge in [0.25, 0.3) is 5.91 Å². The van der Waals surface area contributed by atoms with E-state index in [1.54, 1.807) is 32.0 Å². The van der Waals surface area contributed by atoms with Gasteiger partial charge in [-0.15, -0.1) is 0 Å². The normalized spacial score (nSPS) is 12.3. The highest BCUT2D eigenvalue weighted by molar-refractivity contribution is 9.10. The number of carboxylic acid groups (broad SMARTS) is 1. The lowest BCUT2D eigenvalue weighted by atomic mass is 10.0. The summed E-state index contributed by atoms with van der Waals surface area (Å²) in [6.45, 7) is 3.45. The van der Waals surface area contributed by atoms with Crippen molar-refractivity contribution in [3.63, 3.8) is 0 Å². The van der Waals surface area contributed by atoms with Crippen LogP contribution < -0.4 is 5.32 Å². The summed E-state index contributed by atoms with van der Waals surface area (Å²) in [5.74, 6) is -1.77. The third-order valence-electron chi connectivity index (χ3n) is 2.39. The molecule has 0 aliphatic heterocycles. The van der Waals surface area contributed by atoms with E-state index in [0.717, 1.165) is 0 Å². The molecule has 2 N–H and O–H groups in total. The van der Waals surface area contributed by atoms with Gasteiger partial charge in [-0.2, -0.15) is 0 Å². The number of carbonyl (C=O) groups is 2. The van der Waals surface area contributed by atoms with Gasteiger partial charge in [0.1, 0.15) is 6.04 Å². The number of halogens is 2. The van der Waals surface area contributed by atoms with Gasteiger partial charge in [0.05, 0.1) is 10.6 Å². The van der Waals surface area contributed by atoms with E-state index in [1.165, 1.54) is 0 Å². The van der Waals surface area contributed by atoms with Crippen molar-refractivity contribution in [1.29, 1.82) is 0 Å². The van der Waals surface area contributed by atoms with Gasteiger partial charge in [0.15, 0.2) is 0 Å². The van der Waals surface area contributed by atoms with E-state index >= 15 is 0 Å². The molecule has 4 nitrogen and oxygen atoms in total. The number of nitrogens with one attached hydrogen (secondary N) is 1. The Bertz CT molecular complexity index is 476. The highest BCUT2D eigenvalue weighted by Crippen LogP contribution is 2.21. The molecule has 0 heterocycles. The van der Waals surface area contributed by atoms with Gasteiger partial charge < -0.3 is 10.4 Å². The summed E-state index contributed by atoms with van der Waals surface area (Å²) in [6, 6.07) is 3.89. The summed E-state index contributed by atoms with van der Waals surface area (Å²) in [5, 5.41) is 11.7. The van der Waals surface area contributed by atoms with Crippen LogP contribution in [0.15, 0.2) is 22.7 Å². The Hall–Kier alpha value is -1.07. The number of hydrogen-bond acceptors (Lipinski definition) is 2. The standard InChI is InChI=1S/C12H13BrClNO3/c1-6(2)10(12(17)18)15-11(16)8-5-7(13)3-4-9(8)14/h3-6,10H,1-2H3,(H,15,16)(H,17,18)/t10-/m0/s1. The van der Waals surface area contributed by atoms with Crippen LogP contribution in [0.3, 0.4) is 0 Å². The number of carbonyl (C=O) groups excluding carboxylic acids is 1. The first-order valence-corrected chi connectivity index (χ1v) is 6.48. The van der Waals surface area contributed by atoms with E-state index < -0.39 is 17.9 Å². The maximum absolute atomic E-state index is 12.0. The van der Waals surface area contributed by atoms with Gasteiger partial charge in [-0.25, -0.2) is 4.79 Å². The van der Waals surface area contributed by atoms with Crippen LogP contribution >= 0.6 is 27.5 Å². The van der Waals surface area contributed by atoms with Crippen LogP contribution in [0.2, 0.25) is 5.02 Å². The second-order valence-electron chi connectivity index (χ2n) is 4.16. The molecule has 0 aliphatic rings. The maximum atomic E-state index is 12.0. The molecule has 0 aromatic heterocycles. The number of hydrogen-bond donors (Lipinski definition) is 2. The lowest BCUT2D eigenvalue weighted by Crippen LogP contribution is -2.44. The van der Waals surface area contributed by atoms with Crippen LogP contribution in [-0.2, 0) is 4.79 Å². The van der Waals surface area contributed by atoms with E-state index in [0.29, 0.717) is 4.47 Å². The average molecular weight is 335 g/mol. The molecule has 0 saturated heterocycles. The van der Waals surface area contributed by atoms with E-state index in [9.17, 15) is 9.59 Å². The molecule has 0 bridgehead atoms. The minimum atomic E-state index is -1.07. The second kappa shape index (κ2) is 6.20. The second-order valence-corrected chi connectivity index (χ2v) is 5.48. The Labute approximate surface area is 118 Å². The molecule has 1 amide bonds. The van der Waals surface area contributed by atoms with E-state index in [1.807, 2.05) is 0 Å². The summed E-state index contributed by atoms with van der Waals surface area (Å²) in [4.78, 5) is 23.0. The molecular formula is C12H13BrClNO3. The number of aliphatic carboxylic acids is 1. The van der Waals surface area contributed by atoms with Crippen molar-refractivity contribution in [2.75, 3.05) is 0 Å².